The molecule has 2 fully saturated rings. The van der Waals surface area contributed by atoms with Crippen molar-refractivity contribution in [2.24, 2.45) is 0 Å². The first-order valence-electron chi connectivity index (χ1n) is 7.17. The van der Waals surface area contributed by atoms with Crippen LogP contribution in [0.1, 0.15) is 50.2 Å². The largest absolute Gasteiger partial charge is 0.385 e. The van der Waals surface area contributed by atoms with Crippen LogP contribution in [0.15, 0.2) is 24.3 Å². The first-order chi connectivity index (χ1) is 8.69. The van der Waals surface area contributed by atoms with Gasteiger partial charge in [0.1, 0.15) is 0 Å². The summed E-state index contributed by atoms with van der Waals surface area (Å²) in [6, 6.07) is 8.70. The minimum absolute atomic E-state index is 0.554. The lowest BCUT2D eigenvalue weighted by atomic mass is 9.85. The van der Waals surface area contributed by atoms with E-state index >= 15 is 0 Å². The fraction of sp³-hybridized carbons (Fsp3) is 0.625. The van der Waals surface area contributed by atoms with Crippen molar-refractivity contribution >= 4 is 11.8 Å². The summed E-state index contributed by atoms with van der Waals surface area (Å²) in [5, 5.41) is 12.3. The van der Waals surface area contributed by atoms with Crippen LogP contribution in [0.2, 0.25) is 0 Å². The van der Waals surface area contributed by atoms with Gasteiger partial charge in [-0.3, -0.25) is 0 Å². The minimum atomic E-state index is -0.554. The van der Waals surface area contributed by atoms with E-state index in [-0.39, 0.29) is 0 Å². The summed E-state index contributed by atoms with van der Waals surface area (Å²) in [4.78, 5) is 0. The van der Waals surface area contributed by atoms with E-state index in [0.717, 1.165) is 24.8 Å². The van der Waals surface area contributed by atoms with Gasteiger partial charge in [-0.1, -0.05) is 37.6 Å². The van der Waals surface area contributed by atoms with Crippen LogP contribution in [0.25, 0.3) is 0 Å². The van der Waals surface area contributed by atoms with Crippen LogP contribution in [0.5, 0.6) is 0 Å². The molecule has 2 atom stereocenters. The van der Waals surface area contributed by atoms with Gasteiger partial charge in [0.25, 0.3) is 0 Å². The van der Waals surface area contributed by atoms with Gasteiger partial charge >= 0.3 is 0 Å². The smallest absolute Gasteiger partial charge is 0.0917 e. The molecule has 2 heteroatoms. The van der Waals surface area contributed by atoms with E-state index in [1.165, 1.54) is 24.8 Å². The fourth-order valence-electron chi connectivity index (χ4n) is 3.42. The Kier molecular flexibility index (Phi) is 3.42. The Bertz CT molecular complexity index is 400. The molecular weight excluding hydrogens is 240 g/mol. The first kappa shape index (κ1) is 12.6. The zero-order valence-corrected chi connectivity index (χ0v) is 11.9. The number of fused-ring (bicyclic) bond motifs is 2. The third-order valence-corrected chi connectivity index (χ3v) is 5.93. The second-order valence-electron chi connectivity index (χ2n) is 5.84. The second kappa shape index (κ2) is 4.90. The summed E-state index contributed by atoms with van der Waals surface area (Å²) in [6.45, 7) is 2.21. The molecule has 2 heterocycles. The summed E-state index contributed by atoms with van der Waals surface area (Å²) in [5.74, 6) is 0. The van der Waals surface area contributed by atoms with E-state index in [9.17, 15) is 5.11 Å². The maximum atomic E-state index is 10.9. The van der Waals surface area contributed by atoms with Gasteiger partial charge in [0.15, 0.2) is 0 Å². The molecule has 0 amide bonds. The summed E-state index contributed by atoms with van der Waals surface area (Å²) in [5.41, 5.74) is 1.97. The lowest BCUT2D eigenvalue weighted by Gasteiger charge is -2.36. The van der Waals surface area contributed by atoms with E-state index in [4.69, 9.17) is 0 Å². The Balaban J connectivity index is 1.80. The zero-order valence-electron chi connectivity index (χ0n) is 11.1. The van der Waals surface area contributed by atoms with Crippen LogP contribution in [-0.2, 0) is 12.0 Å². The lowest BCUT2D eigenvalue weighted by Crippen LogP contribution is -2.34. The maximum Gasteiger partial charge on any atom is 0.0917 e. The van der Waals surface area contributed by atoms with Crippen LogP contribution < -0.4 is 0 Å². The molecule has 0 aromatic heterocycles. The summed E-state index contributed by atoms with van der Waals surface area (Å²) in [7, 11) is 0. The van der Waals surface area contributed by atoms with E-state index in [2.05, 4.69) is 43.0 Å². The Morgan fingerprint density at radius 3 is 2.33 bits per heavy atom. The number of thioether (sulfide) groups is 1. The van der Waals surface area contributed by atoms with Crippen molar-refractivity contribution < 1.29 is 5.11 Å². The summed E-state index contributed by atoms with van der Waals surface area (Å²) >= 11 is 2.10. The van der Waals surface area contributed by atoms with Crippen molar-refractivity contribution in [2.45, 2.75) is 61.5 Å². The fourth-order valence-corrected chi connectivity index (χ4v) is 5.26. The lowest BCUT2D eigenvalue weighted by molar-refractivity contribution is 0.0196. The van der Waals surface area contributed by atoms with E-state index in [1.54, 1.807) is 0 Å². The average molecular weight is 262 g/mol. The Labute approximate surface area is 114 Å². The first-order valence-corrected chi connectivity index (χ1v) is 8.11. The van der Waals surface area contributed by atoms with Gasteiger partial charge in [0.05, 0.1) is 5.60 Å². The third kappa shape index (κ3) is 2.33. The molecule has 1 N–H and O–H groups in total. The van der Waals surface area contributed by atoms with Gasteiger partial charge in [0.2, 0.25) is 0 Å². The molecule has 1 nitrogen and oxygen atoms in total. The quantitative estimate of drug-likeness (QED) is 0.892. The molecule has 2 aliphatic rings. The molecule has 0 radical (unpaired) electrons. The number of hydrogen-bond acceptors (Lipinski definition) is 2. The maximum absolute atomic E-state index is 10.9. The normalized spacial score (nSPS) is 34.8. The van der Waals surface area contributed by atoms with Crippen LogP contribution in [-0.4, -0.2) is 15.6 Å². The van der Waals surface area contributed by atoms with Crippen LogP contribution >= 0.6 is 11.8 Å². The van der Waals surface area contributed by atoms with Crippen molar-refractivity contribution in [2.75, 3.05) is 0 Å². The molecule has 3 rings (SSSR count). The number of rotatable bonds is 3. The zero-order chi connectivity index (χ0) is 12.6. The Hall–Kier alpha value is -0.470. The van der Waals surface area contributed by atoms with Crippen molar-refractivity contribution in [3.05, 3.63) is 35.4 Å². The van der Waals surface area contributed by atoms with Gasteiger partial charge in [-0.2, -0.15) is 11.8 Å². The van der Waals surface area contributed by atoms with Gasteiger partial charge < -0.3 is 5.11 Å². The topological polar surface area (TPSA) is 20.2 Å². The van der Waals surface area contributed by atoms with E-state index in [0.29, 0.717) is 10.5 Å². The minimum Gasteiger partial charge on any atom is -0.385 e. The Morgan fingerprint density at radius 2 is 1.78 bits per heavy atom. The van der Waals surface area contributed by atoms with E-state index in [1.807, 2.05) is 0 Å². The van der Waals surface area contributed by atoms with Crippen LogP contribution in [0.4, 0.5) is 0 Å². The highest BCUT2D eigenvalue weighted by Crippen LogP contribution is 2.51. The SMILES string of the molecule is CCCc1ccc(C2(O)CC3CCC(C2)S3)cc1. The molecule has 18 heavy (non-hydrogen) atoms. The third-order valence-electron chi connectivity index (χ3n) is 4.36. The molecular formula is C16H22OS. The molecule has 98 valence electrons. The molecule has 2 bridgehead atoms. The molecule has 0 saturated carbocycles. The molecule has 2 unspecified atom stereocenters. The average Bonchev–Trinajstić information content (AvgIpc) is 2.70. The highest BCUT2D eigenvalue weighted by molar-refractivity contribution is 8.00. The second-order valence-corrected chi connectivity index (χ2v) is 7.45. The highest BCUT2D eigenvalue weighted by atomic mass is 32.2. The predicted molar refractivity (Wildman–Crippen MR) is 78.0 cm³/mol. The van der Waals surface area contributed by atoms with Crippen LogP contribution in [0, 0.1) is 0 Å². The molecule has 2 saturated heterocycles. The molecule has 1 aromatic carbocycles. The van der Waals surface area contributed by atoms with E-state index < -0.39 is 5.60 Å². The number of aliphatic hydroxyl groups is 1. The van der Waals surface area contributed by atoms with Gasteiger partial charge in [-0.25, -0.2) is 0 Å². The molecule has 2 aliphatic heterocycles. The van der Waals surface area contributed by atoms with Crippen molar-refractivity contribution in [1.82, 2.24) is 0 Å². The molecule has 1 aromatic rings. The standard InChI is InChI=1S/C16H22OS/c1-2-3-12-4-6-13(7-5-12)16(17)10-14-8-9-15(11-16)18-14/h4-7,14-15,17H,2-3,8-11H2,1H3. The number of benzene rings is 1. The van der Waals surface area contributed by atoms with Gasteiger partial charge in [0, 0.05) is 10.5 Å². The number of aryl methyl sites for hydroxylation is 1. The van der Waals surface area contributed by atoms with Gasteiger partial charge in [-0.05, 0) is 43.2 Å². The van der Waals surface area contributed by atoms with Crippen LogP contribution in [0.3, 0.4) is 0 Å². The molecule has 0 aliphatic carbocycles. The van der Waals surface area contributed by atoms with Crippen molar-refractivity contribution in [3.63, 3.8) is 0 Å². The van der Waals surface area contributed by atoms with Crippen molar-refractivity contribution in [1.29, 1.82) is 0 Å². The molecule has 0 spiro atoms. The van der Waals surface area contributed by atoms with Crippen molar-refractivity contribution in [3.8, 4) is 0 Å². The number of hydrogen-bond donors (Lipinski definition) is 1. The summed E-state index contributed by atoms with van der Waals surface area (Å²) in [6.07, 6.45) is 6.81. The highest BCUT2D eigenvalue weighted by Gasteiger charge is 2.44. The predicted octanol–water partition coefficient (Wildman–Crippen LogP) is 3.88. The van der Waals surface area contributed by atoms with Gasteiger partial charge in [-0.15, -0.1) is 0 Å². The Morgan fingerprint density at radius 1 is 1.17 bits per heavy atom. The monoisotopic (exact) mass is 262 g/mol. The summed E-state index contributed by atoms with van der Waals surface area (Å²) < 4.78 is 0.